The van der Waals surface area contributed by atoms with E-state index in [9.17, 15) is 13.0 Å². The summed E-state index contributed by atoms with van der Waals surface area (Å²) in [5.41, 5.74) is 2.05. The summed E-state index contributed by atoms with van der Waals surface area (Å²) < 4.78 is 32.7. The van der Waals surface area contributed by atoms with Crippen LogP contribution < -0.4 is 4.90 Å². The Labute approximate surface area is 175 Å². The monoisotopic (exact) mass is 429 g/mol. The van der Waals surface area contributed by atoms with Crippen molar-refractivity contribution in [1.29, 1.82) is 0 Å². The standard InChI is InChI=1S/C21H23N3O3S2/c1-2-23-14-7-13-22-21(23)18(12-15-29(25,26)27)24-16-8-3-5-10-19(16)28-20-11-6-4-9-17(20)24/h3-11,13-14,18,21H,2,12,15H2,1H3,(H,25,26,27). The number of hydrogen-bond donors (Lipinski definition) is 1. The second-order valence-corrected chi connectivity index (χ2v) is 9.59. The van der Waals surface area contributed by atoms with Gasteiger partial charge in [-0.2, -0.15) is 8.42 Å². The zero-order valence-corrected chi connectivity index (χ0v) is 17.7. The highest BCUT2D eigenvalue weighted by Gasteiger charge is 2.36. The number of rotatable bonds is 6. The van der Waals surface area contributed by atoms with Crippen molar-refractivity contribution in [3.8, 4) is 0 Å². The molecule has 0 aromatic heterocycles. The topological polar surface area (TPSA) is 73.2 Å². The van der Waals surface area contributed by atoms with Gasteiger partial charge in [-0.25, -0.2) is 0 Å². The Morgan fingerprint density at radius 2 is 1.72 bits per heavy atom. The largest absolute Gasteiger partial charge is 0.355 e. The molecule has 152 valence electrons. The van der Waals surface area contributed by atoms with E-state index in [2.05, 4.69) is 34.1 Å². The molecule has 0 radical (unpaired) electrons. The van der Waals surface area contributed by atoms with Crippen LogP contribution in [0.25, 0.3) is 0 Å². The van der Waals surface area contributed by atoms with Crippen molar-refractivity contribution in [2.45, 2.75) is 35.3 Å². The predicted molar refractivity (Wildman–Crippen MR) is 118 cm³/mol. The van der Waals surface area contributed by atoms with Crippen LogP contribution in [0.15, 0.2) is 75.6 Å². The van der Waals surface area contributed by atoms with Gasteiger partial charge in [0.25, 0.3) is 10.1 Å². The molecule has 6 nitrogen and oxygen atoms in total. The molecule has 29 heavy (non-hydrogen) atoms. The van der Waals surface area contributed by atoms with Crippen LogP contribution in [0.1, 0.15) is 13.3 Å². The van der Waals surface area contributed by atoms with Gasteiger partial charge in [0.1, 0.15) is 6.17 Å². The fourth-order valence-electron chi connectivity index (χ4n) is 3.85. The number of aliphatic imine (C=N–C) groups is 1. The zero-order chi connectivity index (χ0) is 20.4. The minimum Gasteiger partial charge on any atom is -0.355 e. The van der Waals surface area contributed by atoms with Crippen LogP contribution in [-0.2, 0) is 10.1 Å². The first-order valence-electron chi connectivity index (χ1n) is 9.54. The average Bonchev–Trinajstić information content (AvgIpc) is 2.72. The van der Waals surface area contributed by atoms with E-state index < -0.39 is 10.1 Å². The van der Waals surface area contributed by atoms with Gasteiger partial charge < -0.3 is 9.80 Å². The number of allylic oxidation sites excluding steroid dienone is 1. The van der Waals surface area contributed by atoms with E-state index in [4.69, 9.17) is 4.99 Å². The Hall–Kier alpha value is -2.29. The van der Waals surface area contributed by atoms with Crippen molar-refractivity contribution in [2.24, 2.45) is 4.99 Å². The van der Waals surface area contributed by atoms with Crippen molar-refractivity contribution in [3.63, 3.8) is 0 Å². The van der Waals surface area contributed by atoms with E-state index in [1.807, 2.05) is 43.5 Å². The molecule has 0 amide bonds. The van der Waals surface area contributed by atoms with E-state index in [0.29, 0.717) is 0 Å². The minimum absolute atomic E-state index is 0.249. The maximum absolute atomic E-state index is 11.6. The van der Waals surface area contributed by atoms with Crippen LogP contribution in [0.3, 0.4) is 0 Å². The van der Waals surface area contributed by atoms with Crippen molar-refractivity contribution >= 4 is 39.5 Å². The van der Waals surface area contributed by atoms with E-state index in [1.54, 1.807) is 18.0 Å². The Morgan fingerprint density at radius 3 is 2.31 bits per heavy atom. The molecule has 0 saturated heterocycles. The summed E-state index contributed by atoms with van der Waals surface area (Å²) in [6.07, 6.45) is 5.60. The highest BCUT2D eigenvalue weighted by molar-refractivity contribution is 7.99. The molecule has 0 saturated carbocycles. The van der Waals surface area contributed by atoms with Crippen LogP contribution in [0, 0.1) is 0 Å². The predicted octanol–water partition coefficient (Wildman–Crippen LogP) is 4.18. The van der Waals surface area contributed by atoms with E-state index in [1.165, 1.54) is 0 Å². The van der Waals surface area contributed by atoms with Gasteiger partial charge in [0.05, 0.1) is 23.2 Å². The molecule has 2 aliphatic rings. The normalized spacial score (nSPS) is 19.0. The summed E-state index contributed by atoms with van der Waals surface area (Å²) in [4.78, 5) is 11.2. The first-order valence-corrected chi connectivity index (χ1v) is 12.0. The number of para-hydroxylation sites is 2. The third-order valence-corrected chi connectivity index (χ3v) is 7.01. The molecule has 0 spiro atoms. The van der Waals surface area contributed by atoms with Gasteiger partial charge in [0.15, 0.2) is 0 Å². The maximum Gasteiger partial charge on any atom is 0.264 e. The molecule has 0 aliphatic carbocycles. The lowest BCUT2D eigenvalue weighted by molar-refractivity contribution is 0.250. The molecule has 0 fully saturated rings. The SMILES string of the molecule is CCN1C=CC=NC1C(CCS(=O)(=O)O)N1c2ccccc2Sc2ccccc21. The van der Waals surface area contributed by atoms with Crippen LogP contribution in [0.2, 0.25) is 0 Å². The number of benzene rings is 2. The highest BCUT2D eigenvalue weighted by Crippen LogP contribution is 2.49. The number of anilines is 2. The fraction of sp³-hybridized carbons (Fsp3) is 0.286. The molecule has 8 heteroatoms. The molecular formula is C21H23N3O3S2. The van der Waals surface area contributed by atoms with Gasteiger partial charge >= 0.3 is 0 Å². The van der Waals surface area contributed by atoms with Gasteiger partial charge in [0.2, 0.25) is 0 Å². The Morgan fingerprint density at radius 1 is 1.10 bits per heavy atom. The van der Waals surface area contributed by atoms with E-state index in [0.717, 1.165) is 27.7 Å². The fourth-order valence-corrected chi connectivity index (χ4v) is 5.46. The average molecular weight is 430 g/mol. The minimum atomic E-state index is -4.10. The Balaban J connectivity index is 1.84. The summed E-state index contributed by atoms with van der Waals surface area (Å²) in [5, 5.41) is 0. The van der Waals surface area contributed by atoms with Crippen LogP contribution >= 0.6 is 11.8 Å². The van der Waals surface area contributed by atoms with Crippen molar-refractivity contribution in [3.05, 3.63) is 60.8 Å². The lowest BCUT2D eigenvalue weighted by Gasteiger charge is -2.44. The summed E-state index contributed by atoms with van der Waals surface area (Å²) in [5.74, 6) is -0.321. The molecular weight excluding hydrogens is 406 g/mol. The molecule has 0 bridgehead atoms. The molecule has 2 atom stereocenters. The molecule has 4 rings (SSSR count). The summed E-state index contributed by atoms with van der Waals surface area (Å²) in [7, 11) is -4.10. The Bertz CT molecular complexity index is 1010. The van der Waals surface area contributed by atoms with Gasteiger partial charge in [-0.05, 0) is 43.7 Å². The number of nitrogens with zero attached hydrogens (tertiary/aromatic N) is 3. The van der Waals surface area contributed by atoms with Gasteiger partial charge in [-0.15, -0.1) is 0 Å². The van der Waals surface area contributed by atoms with E-state index in [-0.39, 0.29) is 24.4 Å². The number of hydrogen-bond acceptors (Lipinski definition) is 6. The lowest BCUT2D eigenvalue weighted by Crippen LogP contribution is -2.50. The van der Waals surface area contributed by atoms with Gasteiger partial charge in [-0.1, -0.05) is 36.0 Å². The molecule has 2 unspecified atom stereocenters. The zero-order valence-electron chi connectivity index (χ0n) is 16.0. The molecule has 2 aromatic rings. The summed E-state index contributed by atoms with van der Waals surface area (Å²) in [6, 6.07) is 16.0. The Kier molecular flexibility index (Phi) is 5.67. The quantitative estimate of drug-likeness (QED) is 0.695. The van der Waals surface area contributed by atoms with Gasteiger partial charge in [0, 0.05) is 28.8 Å². The van der Waals surface area contributed by atoms with Crippen molar-refractivity contribution < 1.29 is 13.0 Å². The van der Waals surface area contributed by atoms with Gasteiger partial charge in [-0.3, -0.25) is 9.55 Å². The highest BCUT2D eigenvalue weighted by atomic mass is 32.2. The third kappa shape index (κ3) is 4.19. The summed E-state index contributed by atoms with van der Waals surface area (Å²) in [6.45, 7) is 2.79. The second-order valence-electron chi connectivity index (χ2n) is 6.93. The van der Waals surface area contributed by atoms with E-state index >= 15 is 0 Å². The van der Waals surface area contributed by atoms with Crippen molar-refractivity contribution in [1.82, 2.24) is 4.90 Å². The van der Waals surface area contributed by atoms with Crippen molar-refractivity contribution in [2.75, 3.05) is 17.2 Å². The number of fused-ring (bicyclic) bond motifs is 2. The molecule has 2 aliphatic heterocycles. The summed E-state index contributed by atoms with van der Waals surface area (Å²) >= 11 is 1.71. The lowest BCUT2D eigenvalue weighted by atomic mass is 10.0. The first-order chi connectivity index (χ1) is 14.0. The third-order valence-electron chi connectivity index (χ3n) is 5.12. The molecule has 1 N–H and O–H groups in total. The maximum atomic E-state index is 11.6. The first kappa shape index (κ1) is 20.0. The molecule has 2 heterocycles. The van der Waals surface area contributed by atoms with Crippen LogP contribution in [-0.4, -0.2) is 48.6 Å². The van der Waals surface area contributed by atoms with Crippen LogP contribution in [0.4, 0.5) is 11.4 Å². The second kappa shape index (κ2) is 8.22. The smallest absolute Gasteiger partial charge is 0.264 e. The number of likely N-dealkylation sites (N-methyl/N-ethyl adjacent to an activating group) is 1. The van der Waals surface area contributed by atoms with Crippen LogP contribution in [0.5, 0.6) is 0 Å². The molecule has 2 aromatic carbocycles.